The van der Waals surface area contributed by atoms with Crippen LogP contribution in [0.15, 0.2) is 85.2 Å². The van der Waals surface area contributed by atoms with Crippen LogP contribution in [0.4, 0.5) is 5.69 Å². The fraction of sp³-hybridized carbons (Fsp3) is 0.259. The van der Waals surface area contributed by atoms with Gasteiger partial charge in [0.2, 0.25) is 5.91 Å². The van der Waals surface area contributed by atoms with Crippen LogP contribution in [0, 0.1) is 4.77 Å². The van der Waals surface area contributed by atoms with Gasteiger partial charge in [-0.2, -0.15) is 5.10 Å². The van der Waals surface area contributed by atoms with Gasteiger partial charge in [0.25, 0.3) is 0 Å². The van der Waals surface area contributed by atoms with Crippen molar-refractivity contribution >= 4 is 23.8 Å². The average Bonchev–Trinajstić information content (AvgIpc) is 3.21. The first kappa shape index (κ1) is 24.1. The molecule has 1 N–H and O–H groups in total. The van der Waals surface area contributed by atoms with Gasteiger partial charge in [0.1, 0.15) is 0 Å². The van der Waals surface area contributed by atoms with Crippen LogP contribution >= 0.6 is 12.2 Å². The van der Waals surface area contributed by atoms with Gasteiger partial charge in [-0.25, -0.2) is 4.68 Å². The number of hydrogen-bond acceptors (Lipinski definition) is 6. The van der Waals surface area contributed by atoms with Crippen molar-refractivity contribution < 1.29 is 4.79 Å². The Balaban J connectivity index is 1.24. The Hall–Kier alpha value is -3.66. The summed E-state index contributed by atoms with van der Waals surface area (Å²) in [5.41, 5.74) is 2.93. The molecule has 1 saturated heterocycles. The quantitative estimate of drug-likeness (QED) is 0.373. The Bertz CT molecular complexity index is 1330. The predicted octanol–water partition coefficient (Wildman–Crippen LogP) is 3.74. The standard InChI is InChI=1S/C27H29N7OS/c35-25(29-24-11-5-2-6-12-24)20-31-14-16-32(17-15-31)21-34-27(36)33(19-22-8-3-1-4-9-22)26(30-34)23-10-7-13-28-18-23/h1-13,18H,14-17,19-21H2,(H,29,35). The zero-order chi connectivity index (χ0) is 24.7. The molecule has 9 heteroatoms. The fourth-order valence-corrected chi connectivity index (χ4v) is 4.60. The number of rotatable bonds is 8. The molecule has 0 spiro atoms. The minimum absolute atomic E-state index is 0.0117. The molecule has 0 atom stereocenters. The van der Waals surface area contributed by atoms with E-state index in [1.165, 1.54) is 5.56 Å². The van der Waals surface area contributed by atoms with Crippen molar-refractivity contribution in [2.24, 2.45) is 0 Å². The zero-order valence-electron chi connectivity index (χ0n) is 20.0. The van der Waals surface area contributed by atoms with Crippen molar-refractivity contribution in [2.45, 2.75) is 13.2 Å². The summed E-state index contributed by atoms with van der Waals surface area (Å²) in [5, 5.41) is 7.86. The number of para-hydroxylation sites is 1. The minimum atomic E-state index is 0.0117. The van der Waals surface area contributed by atoms with E-state index >= 15 is 0 Å². The molecule has 36 heavy (non-hydrogen) atoms. The van der Waals surface area contributed by atoms with E-state index in [1.54, 1.807) is 6.20 Å². The summed E-state index contributed by atoms with van der Waals surface area (Å²) < 4.78 is 4.66. The Kier molecular flexibility index (Phi) is 7.61. The lowest BCUT2D eigenvalue weighted by Crippen LogP contribution is -2.49. The topological polar surface area (TPSA) is 71.2 Å². The summed E-state index contributed by atoms with van der Waals surface area (Å²) in [6, 6.07) is 23.8. The van der Waals surface area contributed by atoms with Gasteiger partial charge < -0.3 is 5.32 Å². The van der Waals surface area contributed by atoms with Gasteiger partial charge in [0.15, 0.2) is 10.6 Å². The van der Waals surface area contributed by atoms with Crippen molar-refractivity contribution in [3.05, 3.63) is 95.5 Å². The minimum Gasteiger partial charge on any atom is -0.325 e. The molecule has 4 aromatic rings. The van der Waals surface area contributed by atoms with Crippen LogP contribution in [0.2, 0.25) is 0 Å². The molecule has 1 aliphatic heterocycles. The van der Waals surface area contributed by atoms with Crippen LogP contribution in [0.25, 0.3) is 11.4 Å². The number of hydrogen-bond donors (Lipinski definition) is 1. The third kappa shape index (κ3) is 5.93. The van der Waals surface area contributed by atoms with Crippen molar-refractivity contribution in [1.29, 1.82) is 0 Å². The number of anilines is 1. The first-order valence-electron chi connectivity index (χ1n) is 12.1. The number of benzene rings is 2. The normalized spacial score (nSPS) is 14.6. The summed E-state index contributed by atoms with van der Waals surface area (Å²) in [6.07, 6.45) is 3.58. The number of carbonyl (C=O) groups is 1. The van der Waals surface area contributed by atoms with E-state index in [0.29, 0.717) is 24.5 Å². The predicted molar refractivity (Wildman–Crippen MR) is 143 cm³/mol. The smallest absolute Gasteiger partial charge is 0.238 e. The second-order valence-corrected chi connectivity index (χ2v) is 9.23. The number of nitrogens with one attached hydrogen (secondary N) is 1. The summed E-state index contributed by atoms with van der Waals surface area (Å²) in [4.78, 5) is 21.2. The molecule has 3 heterocycles. The van der Waals surface area contributed by atoms with E-state index in [2.05, 4.69) is 36.8 Å². The summed E-state index contributed by atoms with van der Waals surface area (Å²) in [7, 11) is 0. The van der Waals surface area contributed by atoms with E-state index < -0.39 is 0 Å². The fourth-order valence-electron chi connectivity index (χ4n) is 4.35. The van der Waals surface area contributed by atoms with Crippen molar-refractivity contribution in [3.8, 4) is 11.4 Å². The van der Waals surface area contributed by atoms with Gasteiger partial charge >= 0.3 is 0 Å². The SMILES string of the molecule is O=C(CN1CCN(Cn2nc(-c3cccnc3)n(Cc3ccccc3)c2=S)CC1)Nc1ccccc1. The van der Waals surface area contributed by atoms with E-state index in [1.807, 2.05) is 71.5 Å². The Morgan fingerprint density at radius 3 is 2.28 bits per heavy atom. The van der Waals surface area contributed by atoms with Gasteiger partial charge in [-0.15, -0.1) is 0 Å². The molecular formula is C27H29N7OS. The molecule has 2 aromatic heterocycles. The summed E-state index contributed by atoms with van der Waals surface area (Å²) >= 11 is 5.88. The number of nitrogens with zero attached hydrogens (tertiary/aromatic N) is 6. The highest BCUT2D eigenvalue weighted by molar-refractivity contribution is 7.71. The highest BCUT2D eigenvalue weighted by atomic mass is 32.1. The maximum absolute atomic E-state index is 12.4. The third-order valence-corrected chi connectivity index (χ3v) is 6.68. The molecule has 2 aromatic carbocycles. The molecule has 1 fully saturated rings. The summed E-state index contributed by atoms with van der Waals surface area (Å²) in [5.74, 6) is 0.825. The summed E-state index contributed by atoms with van der Waals surface area (Å²) in [6.45, 7) is 4.96. The van der Waals surface area contributed by atoms with Crippen LogP contribution in [0.5, 0.6) is 0 Å². The number of amides is 1. The van der Waals surface area contributed by atoms with Crippen LogP contribution in [-0.4, -0.2) is 67.8 Å². The van der Waals surface area contributed by atoms with Crippen molar-refractivity contribution in [2.75, 3.05) is 38.0 Å². The van der Waals surface area contributed by atoms with Gasteiger partial charge in [-0.3, -0.25) is 24.1 Å². The number of carbonyl (C=O) groups excluding carboxylic acids is 1. The van der Waals surface area contributed by atoms with Crippen molar-refractivity contribution in [3.63, 3.8) is 0 Å². The molecule has 184 valence electrons. The van der Waals surface area contributed by atoms with Crippen LogP contribution in [0.1, 0.15) is 5.56 Å². The van der Waals surface area contributed by atoms with Gasteiger partial charge in [-0.05, 0) is 42.0 Å². The molecule has 5 rings (SSSR count). The molecule has 1 aliphatic rings. The third-order valence-electron chi connectivity index (χ3n) is 6.25. The molecule has 1 amide bonds. The number of piperazine rings is 1. The van der Waals surface area contributed by atoms with E-state index in [-0.39, 0.29) is 5.91 Å². The van der Waals surface area contributed by atoms with Gasteiger partial charge in [0, 0.05) is 49.8 Å². The zero-order valence-corrected chi connectivity index (χ0v) is 20.8. The molecule has 0 saturated carbocycles. The van der Waals surface area contributed by atoms with Gasteiger partial charge in [-0.1, -0.05) is 48.5 Å². The van der Waals surface area contributed by atoms with Crippen LogP contribution in [0.3, 0.4) is 0 Å². The molecule has 8 nitrogen and oxygen atoms in total. The van der Waals surface area contributed by atoms with E-state index in [9.17, 15) is 4.79 Å². The van der Waals surface area contributed by atoms with E-state index in [4.69, 9.17) is 17.3 Å². The highest BCUT2D eigenvalue weighted by Gasteiger charge is 2.21. The Labute approximate surface area is 215 Å². The van der Waals surface area contributed by atoms with Crippen LogP contribution < -0.4 is 5.32 Å². The van der Waals surface area contributed by atoms with Crippen molar-refractivity contribution in [1.82, 2.24) is 29.1 Å². The molecule has 0 bridgehead atoms. The monoisotopic (exact) mass is 499 g/mol. The molecular weight excluding hydrogens is 470 g/mol. The first-order valence-corrected chi connectivity index (χ1v) is 12.5. The second-order valence-electron chi connectivity index (χ2n) is 8.87. The van der Waals surface area contributed by atoms with E-state index in [0.717, 1.165) is 43.3 Å². The maximum atomic E-state index is 12.4. The number of pyridine rings is 1. The number of aromatic nitrogens is 4. The second kappa shape index (κ2) is 11.4. The molecule has 0 aliphatic carbocycles. The van der Waals surface area contributed by atoms with Crippen LogP contribution in [-0.2, 0) is 18.0 Å². The first-order chi connectivity index (χ1) is 17.7. The average molecular weight is 500 g/mol. The van der Waals surface area contributed by atoms with Gasteiger partial charge in [0.05, 0.1) is 19.8 Å². The maximum Gasteiger partial charge on any atom is 0.238 e. The molecule has 0 radical (unpaired) electrons. The lowest BCUT2D eigenvalue weighted by atomic mass is 10.2. The largest absolute Gasteiger partial charge is 0.325 e. The lowest BCUT2D eigenvalue weighted by Gasteiger charge is -2.33. The highest BCUT2D eigenvalue weighted by Crippen LogP contribution is 2.19. The molecule has 0 unspecified atom stereocenters. The lowest BCUT2D eigenvalue weighted by molar-refractivity contribution is -0.117. The Morgan fingerprint density at radius 2 is 1.58 bits per heavy atom. The Morgan fingerprint density at radius 1 is 0.889 bits per heavy atom.